The summed E-state index contributed by atoms with van der Waals surface area (Å²) in [4.78, 5) is 118. The number of carbonyl (C=O) groups excluding carboxylic acids is 8. The van der Waals surface area contributed by atoms with Gasteiger partial charge in [0.1, 0.15) is 29.7 Å². The van der Waals surface area contributed by atoms with Gasteiger partial charge >= 0.3 is 12.1 Å². The number of ether oxygens (including phenoxy) is 2. The molecule has 4 rings (SSSR count). The summed E-state index contributed by atoms with van der Waals surface area (Å²) < 4.78 is 11.8. The van der Waals surface area contributed by atoms with Crippen LogP contribution in [0, 0.1) is 29.6 Å². The summed E-state index contributed by atoms with van der Waals surface area (Å²) in [6.07, 6.45) is 4.18. The van der Waals surface area contributed by atoms with Gasteiger partial charge in [-0.2, -0.15) is 0 Å². The Morgan fingerprint density at radius 3 is 2.02 bits per heavy atom. The van der Waals surface area contributed by atoms with Gasteiger partial charge in [0.15, 0.2) is 0 Å². The maximum atomic E-state index is 14.8. The fourth-order valence-corrected chi connectivity index (χ4v) is 11.6. The van der Waals surface area contributed by atoms with Crippen LogP contribution in [0.5, 0.6) is 0 Å². The van der Waals surface area contributed by atoms with E-state index in [0.29, 0.717) is 43.5 Å². The van der Waals surface area contributed by atoms with Gasteiger partial charge < -0.3 is 56.9 Å². The molecule has 0 aliphatic carbocycles. The fraction of sp³-hybridized carbons (Fsp3) is 0.629. The maximum Gasteiger partial charge on any atom is 0.410 e. The smallest absolute Gasteiger partial charge is 0.410 e. The topological polar surface area (TPSA) is 276 Å². The van der Waals surface area contributed by atoms with E-state index in [4.69, 9.17) is 15.2 Å². The predicted octanol–water partition coefficient (Wildman–Crippen LogP) is 7.17. The van der Waals surface area contributed by atoms with E-state index in [2.05, 4.69) is 36.9 Å². The number of likely N-dealkylation sites (tertiary alicyclic amines) is 1. The average molecular weight is 1190 g/mol. The summed E-state index contributed by atoms with van der Waals surface area (Å²) in [6.45, 7) is 21.5. The SMILES string of the molecule is CC[C@H](C)[C@@H]([C@@H](CC(=O)N1CCC[C@H]1C[C@@H](C)C(=O)N[C@@H](Cc1ccccc1)c1nccs1)OC)N(C)C(=O)[C@@H](NC(=O)[C@H](C(C)C)N(C)C(=O)OCc1ccc(NC(=O)[C@H](CCCNC(N)=O)NC(=O)[C@@H](NC(C)C)C(C)C)cc1)C(C)C. The van der Waals surface area contributed by atoms with Crippen LogP contribution < -0.4 is 37.6 Å². The van der Waals surface area contributed by atoms with Crippen molar-refractivity contribution in [2.75, 3.05) is 39.6 Å². The lowest BCUT2D eigenvalue weighted by Gasteiger charge is -2.40. The highest BCUT2D eigenvalue weighted by atomic mass is 32.1. The van der Waals surface area contributed by atoms with Crippen molar-refractivity contribution in [2.45, 2.75) is 189 Å². The molecule has 9 amide bonds. The predicted molar refractivity (Wildman–Crippen MR) is 327 cm³/mol. The lowest BCUT2D eigenvalue weighted by Crippen LogP contribution is -2.60. The lowest BCUT2D eigenvalue weighted by atomic mass is 9.89. The zero-order valence-electron chi connectivity index (χ0n) is 52.1. The first-order valence-electron chi connectivity index (χ1n) is 29.8. The zero-order valence-corrected chi connectivity index (χ0v) is 52.9. The van der Waals surface area contributed by atoms with Gasteiger partial charge in [-0.3, -0.25) is 33.7 Å². The number of methoxy groups -OCH3 is 1. The van der Waals surface area contributed by atoms with E-state index < -0.39 is 66.2 Å². The molecule has 466 valence electrons. The van der Waals surface area contributed by atoms with Crippen LogP contribution in [0.15, 0.2) is 66.2 Å². The van der Waals surface area contributed by atoms with Crippen LogP contribution in [-0.4, -0.2) is 150 Å². The largest absolute Gasteiger partial charge is 0.445 e. The number of carbonyl (C=O) groups is 8. The van der Waals surface area contributed by atoms with Crippen molar-refractivity contribution in [1.82, 2.24) is 46.3 Å². The van der Waals surface area contributed by atoms with E-state index >= 15 is 0 Å². The number of primary amides is 1. The Labute approximate surface area is 502 Å². The summed E-state index contributed by atoms with van der Waals surface area (Å²) in [5.41, 5.74) is 7.33. The molecular formula is C62H97N11O10S. The molecule has 21 nitrogen and oxygen atoms in total. The minimum atomic E-state index is -1.03. The van der Waals surface area contributed by atoms with E-state index in [-0.39, 0.29) is 91.4 Å². The van der Waals surface area contributed by atoms with Gasteiger partial charge in [0.2, 0.25) is 35.4 Å². The van der Waals surface area contributed by atoms with Crippen molar-refractivity contribution in [3.63, 3.8) is 0 Å². The standard InChI is InChI=1S/C62H97N11O10S/c1-15-41(10)54(49(82-14)35-50(74)73-31-20-23-46(73)33-42(11)55(75)69-48(59-64-30-32-84-59)34-43-21-17-16-18-22-43)71(12)60(79)52(38(4)5)70-58(78)53(39(6)7)72(13)62(81)83-36-44-25-27-45(28-26-44)67-56(76)47(24-19-29-65-61(63)80)68-57(77)51(37(2)3)66-40(8)9/h16-18,21-22,25-28,30,32,37-42,46-49,51-54,66H,15,19-20,23-24,29,31,33-36H2,1-14H3,(H,67,76)(H,68,77)(H,69,75)(H,70,78)(H3,63,65,80)/t41-,42+,46-,47-,48-,49+,51-,52-,53-,54-/m0/s1. The Bertz CT molecular complexity index is 2570. The summed E-state index contributed by atoms with van der Waals surface area (Å²) in [5, 5.41) is 20.4. The van der Waals surface area contributed by atoms with Gasteiger partial charge in [-0.05, 0) is 85.5 Å². The fourth-order valence-electron chi connectivity index (χ4n) is 10.9. The van der Waals surface area contributed by atoms with Crippen LogP contribution in [0.25, 0.3) is 0 Å². The molecule has 3 aromatic rings. The second kappa shape index (κ2) is 34.3. The van der Waals surface area contributed by atoms with Crippen molar-refractivity contribution >= 4 is 64.6 Å². The molecule has 2 heterocycles. The molecule has 0 bridgehead atoms. The highest BCUT2D eigenvalue weighted by molar-refractivity contribution is 7.09. The van der Waals surface area contributed by atoms with Gasteiger partial charge in [0, 0.05) is 69.6 Å². The first-order valence-corrected chi connectivity index (χ1v) is 30.7. The highest BCUT2D eigenvalue weighted by Crippen LogP contribution is 2.30. The monoisotopic (exact) mass is 1190 g/mol. The number of aromatic nitrogens is 1. The third-order valence-corrected chi connectivity index (χ3v) is 16.6. The molecule has 22 heteroatoms. The third-order valence-electron chi connectivity index (χ3n) is 15.7. The number of benzene rings is 2. The molecule has 1 aliphatic heterocycles. The molecule has 2 aromatic carbocycles. The Hall–Kier alpha value is -6.65. The van der Waals surface area contributed by atoms with Crippen LogP contribution in [0.1, 0.15) is 143 Å². The zero-order chi connectivity index (χ0) is 62.4. The van der Waals surface area contributed by atoms with Gasteiger partial charge in [0.25, 0.3) is 0 Å². The molecule has 8 N–H and O–H groups in total. The number of nitrogens with one attached hydrogen (secondary N) is 6. The van der Waals surface area contributed by atoms with Gasteiger partial charge in [0.05, 0.1) is 30.7 Å². The van der Waals surface area contributed by atoms with E-state index in [9.17, 15) is 38.4 Å². The molecule has 84 heavy (non-hydrogen) atoms. The number of thiazole rings is 1. The Morgan fingerprint density at radius 2 is 1.45 bits per heavy atom. The van der Waals surface area contributed by atoms with Gasteiger partial charge in [-0.15, -0.1) is 11.3 Å². The molecule has 1 aliphatic rings. The Morgan fingerprint density at radius 1 is 0.786 bits per heavy atom. The van der Waals surface area contributed by atoms with Gasteiger partial charge in [-0.1, -0.05) is 125 Å². The number of hydrogen-bond acceptors (Lipinski definition) is 13. The summed E-state index contributed by atoms with van der Waals surface area (Å²) in [6, 6.07) is 11.4. The Kier molecular flexibility index (Phi) is 28.6. The van der Waals surface area contributed by atoms with Crippen molar-refractivity contribution in [3.05, 3.63) is 82.3 Å². The molecule has 0 saturated carbocycles. The number of amides is 9. The molecule has 0 spiro atoms. The van der Waals surface area contributed by atoms with Crippen LogP contribution in [0.2, 0.25) is 0 Å². The van der Waals surface area contributed by atoms with E-state index in [1.54, 1.807) is 63.4 Å². The number of rotatable bonds is 33. The normalized spacial score (nSPS) is 16.6. The first-order chi connectivity index (χ1) is 39.8. The molecule has 0 unspecified atom stereocenters. The molecule has 1 fully saturated rings. The second-order valence-electron chi connectivity index (χ2n) is 23.8. The minimum Gasteiger partial charge on any atom is -0.445 e. The quantitative estimate of drug-likeness (QED) is 0.0299. The van der Waals surface area contributed by atoms with E-state index in [0.717, 1.165) is 23.4 Å². The van der Waals surface area contributed by atoms with Crippen molar-refractivity contribution < 1.29 is 47.8 Å². The summed E-state index contributed by atoms with van der Waals surface area (Å²) >= 11 is 1.50. The number of anilines is 1. The third kappa shape index (κ3) is 21.1. The number of urea groups is 1. The van der Waals surface area contributed by atoms with Crippen molar-refractivity contribution in [3.8, 4) is 0 Å². The number of nitrogens with two attached hydrogens (primary N) is 1. The highest BCUT2D eigenvalue weighted by Gasteiger charge is 2.42. The molecule has 0 radical (unpaired) electrons. The number of likely N-dealkylation sites (N-methyl/N-ethyl adjacent to an activating group) is 2. The molecular weight excluding hydrogens is 1090 g/mol. The summed E-state index contributed by atoms with van der Waals surface area (Å²) in [5.74, 6) is -3.25. The second-order valence-corrected chi connectivity index (χ2v) is 24.7. The lowest BCUT2D eigenvalue weighted by molar-refractivity contribution is -0.146. The van der Waals surface area contributed by atoms with E-state index in [1.807, 2.05) is 103 Å². The first kappa shape index (κ1) is 69.8. The number of nitrogens with zero attached hydrogens (tertiary/aromatic N) is 4. The number of hydrogen-bond donors (Lipinski definition) is 7. The molecule has 1 saturated heterocycles. The van der Waals surface area contributed by atoms with Crippen LogP contribution in [-0.2, 0) is 51.3 Å². The van der Waals surface area contributed by atoms with Crippen molar-refractivity contribution in [2.24, 2.45) is 35.3 Å². The van der Waals surface area contributed by atoms with Crippen LogP contribution in [0.3, 0.4) is 0 Å². The minimum absolute atomic E-state index is 0.00251. The van der Waals surface area contributed by atoms with Crippen LogP contribution in [0.4, 0.5) is 15.3 Å². The van der Waals surface area contributed by atoms with Crippen LogP contribution >= 0.6 is 11.3 Å². The van der Waals surface area contributed by atoms with Crippen molar-refractivity contribution in [1.29, 1.82) is 0 Å². The molecule has 10 atom stereocenters. The maximum absolute atomic E-state index is 14.8. The van der Waals surface area contributed by atoms with Gasteiger partial charge in [-0.25, -0.2) is 14.6 Å². The molecule has 1 aromatic heterocycles. The Balaban J connectivity index is 1.39. The summed E-state index contributed by atoms with van der Waals surface area (Å²) in [7, 11) is 4.69. The van der Waals surface area contributed by atoms with E-state index in [1.165, 1.54) is 23.3 Å². The average Bonchev–Trinajstić information content (AvgIpc) is 4.18.